The molecule has 35 heavy (non-hydrogen) atoms. The fourth-order valence-corrected chi connectivity index (χ4v) is 4.80. The van der Waals surface area contributed by atoms with Gasteiger partial charge < -0.3 is 19.3 Å². The zero-order valence-corrected chi connectivity index (χ0v) is 19.9. The van der Waals surface area contributed by atoms with E-state index < -0.39 is 17.7 Å². The number of aliphatic hydroxyl groups excluding tert-OH is 1. The van der Waals surface area contributed by atoms with E-state index in [1.165, 1.54) is 16.2 Å². The smallest absolute Gasteiger partial charge is 0.301 e. The van der Waals surface area contributed by atoms with E-state index >= 15 is 0 Å². The zero-order chi connectivity index (χ0) is 24.4. The van der Waals surface area contributed by atoms with Gasteiger partial charge in [0.2, 0.25) is 0 Å². The summed E-state index contributed by atoms with van der Waals surface area (Å²) in [6.45, 7) is 3.47. The number of carbonyl (C=O) groups excluding carboxylic acids is 2. The Balaban J connectivity index is 1.62. The molecule has 0 saturated carbocycles. The number of amides is 1. The summed E-state index contributed by atoms with van der Waals surface area (Å²) < 4.78 is 17.1. The average molecular weight is 493 g/mol. The third-order valence-electron chi connectivity index (χ3n) is 5.83. The molecule has 0 spiro atoms. The SMILES string of the molecule is CCCCOc1cccc(C2/C(=C(\O)c3ccc4c(c3)OCCO4)C(=O)C(=O)N2c2nccs2)c1. The van der Waals surface area contributed by atoms with Crippen LogP contribution in [0.5, 0.6) is 17.2 Å². The number of anilines is 1. The van der Waals surface area contributed by atoms with Crippen LogP contribution in [0.15, 0.2) is 59.6 Å². The summed E-state index contributed by atoms with van der Waals surface area (Å²) in [4.78, 5) is 32.1. The fraction of sp³-hybridized carbons (Fsp3) is 0.269. The minimum Gasteiger partial charge on any atom is -0.507 e. The standard InChI is InChI=1S/C26H24N2O6S/c1-2-3-10-32-18-6-4-5-16(14-18)22-21(24(30)25(31)28(22)26-27-9-13-35-26)23(29)17-7-8-19-20(15-17)34-12-11-33-19/h4-9,13-15,22,29H,2-3,10-12H2,1H3/b23-21+. The van der Waals surface area contributed by atoms with Gasteiger partial charge in [0, 0.05) is 17.1 Å². The van der Waals surface area contributed by atoms with Crippen LogP contribution in [0, 0.1) is 0 Å². The number of carbonyl (C=O) groups is 2. The number of ether oxygens (including phenoxy) is 3. The molecular weight excluding hydrogens is 468 g/mol. The summed E-state index contributed by atoms with van der Waals surface area (Å²) in [6.07, 6.45) is 3.48. The van der Waals surface area contributed by atoms with E-state index in [9.17, 15) is 14.7 Å². The van der Waals surface area contributed by atoms with Crippen LogP contribution in [0.1, 0.15) is 36.9 Å². The van der Waals surface area contributed by atoms with Crippen molar-refractivity contribution in [2.24, 2.45) is 0 Å². The normalized spacial score (nSPS) is 18.7. The van der Waals surface area contributed by atoms with Gasteiger partial charge in [-0.25, -0.2) is 4.98 Å². The first-order valence-electron chi connectivity index (χ1n) is 11.4. The lowest BCUT2D eigenvalue weighted by molar-refractivity contribution is -0.132. The number of aromatic nitrogens is 1. The number of unbranched alkanes of at least 4 members (excludes halogenated alkanes) is 1. The molecule has 1 N–H and O–H groups in total. The van der Waals surface area contributed by atoms with Crippen LogP contribution >= 0.6 is 11.3 Å². The number of fused-ring (bicyclic) bond motifs is 1. The topological polar surface area (TPSA) is 98.2 Å². The molecule has 0 aliphatic carbocycles. The Morgan fingerprint density at radius 2 is 2.00 bits per heavy atom. The van der Waals surface area contributed by atoms with Crippen molar-refractivity contribution in [3.8, 4) is 17.2 Å². The van der Waals surface area contributed by atoms with Gasteiger partial charge in [-0.1, -0.05) is 25.5 Å². The lowest BCUT2D eigenvalue weighted by Crippen LogP contribution is -2.29. The molecule has 1 aromatic heterocycles. The second-order valence-corrected chi connectivity index (χ2v) is 8.99. The third-order valence-corrected chi connectivity index (χ3v) is 6.60. The number of ketones is 1. The van der Waals surface area contributed by atoms with Crippen molar-refractivity contribution < 1.29 is 28.9 Å². The molecule has 5 rings (SSSR count). The first-order valence-corrected chi connectivity index (χ1v) is 12.3. The molecule has 1 saturated heterocycles. The molecule has 3 heterocycles. The van der Waals surface area contributed by atoms with Gasteiger partial charge in [0.15, 0.2) is 16.6 Å². The van der Waals surface area contributed by atoms with Crippen molar-refractivity contribution in [1.29, 1.82) is 0 Å². The van der Waals surface area contributed by atoms with E-state index in [2.05, 4.69) is 11.9 Å². The quantitative estimate of drug-likeness (QED) is 0.221. The Morgan fingerprint density at radius 3 is 2.77 bits per heavy atom. The van der Waals surface area contributed by atoms with Crippen LogP contribution in [0.4, 0.5) is 5.13 Å². The van der Waals surface area contributed by atoms with Crippen molar-refractivity contribution in [1.82, 2.24) is 4.98 Å². The summed E-state index contributed by atoms with van der Waals surface area (Å²) >= 11 is 1.24. The maximum Gasteiger partial charge on any atom is 0.301 e. The number of aliphatic hydroxyl groups is 1. The van der Waals surface area contributed by atoms with Crippen LogP contribution < -0.4 is 19.1 Å². The molecule has 2 aromatic carbocycles. The lowest BCUT2D eigenvalue weighted by atomic mass is 9.95. The lowest BCUT2D eigenvalue weighted by Gasteiger charge is -2.23. The highest BCUT2D eigenvalue weighted by molar-refractivity contribution is 7.14. The van der Waals surface area contributed by atoms with Gasteiger partial charge in [0.1, 0.15) is 24.7 Å². The van der Waals surface area contributed by atoms with E-state index in [4.69, 9.17) is 14.2 Å². The van der Waals surface area contributed by atoms with Gasteiger partial charge in [-0.3, -0.25) is 14.5 Å². The van der Waals surface area contributed by atoms with Crippen molar-refractivity contribution in [2.45, 2.75) is 25.8 Å². The summed E-state index contributed by atoms with van der Waals surface area (Å²) in [5, 5.41) is 13.4. The maximum atomic E-state index is 13.3. The minimum absolute atomic E-state index is 0.0208. The van der Waals surface area contributed by atoms with Crippen molar-refractivity contribution >= 4 is 33.9 Å². The van der Waals surface area contributed by atoms with Gasteiger partial charge in [-0.15, -0.1) is 11.3 Å². The number of benzene rings is 2. The van der Waals surface area contributed by atoms with Crippen molar-refractivity contribution in [3.63, 3.8) is 0 Å². The molecule has 1 amide bonds. The Kier molecular flexibility index (Phi) is 6.41. The summed E-state index contributed by atoms with van der Waals surface area (Å²) in [5.41, 5.74) is 0.965. The predicted molar refractivity (Wildman–Crippen MR) is 131 cm³/mol. The maximum absolute atomic E-state index is 13.3. The number of hydrogen-bond acceptors (Lipinski definition) is 8. The molecule has 0 bridgehead atoms. The first kappa shape index (κ1) is 22.9. The highest BCUT2D eigenvalue weighted by Gasteiger charge is 2.48. The highest BCUT2D eigenvalue weighted by Crippen LogP contribution is 2.44. The van der Waals surface area contributed by atoms with E-state index in [-0.39, 0.29) is 11.3 Å². The number of nitrogens with zero attached hydrogens (tertiary/aromatic N) is 2. The summed E-state index contributed by atoms with van der Waals surface area (Å²) in [7, 11) is 0. The van der Waals surface area contributed by atoms with Gasteiger partial charge in [0.05, 0.1) is 18.2 Å². The number of Topliss-reactive ketones (excluding diaryl/α,β-unsaturated/α-hetero) is 1. The number of hydrogen-bond donors (Lipinski definition) is 1. The zero-order valence-electron chi connectivity index (χ0n) is 19.1. The van der Waals surface area contributed by atoms with Crippen molar-refractivity contribution in [3.05, 3.63) is 70.7 Å². The molecular formula is C26H24N2O6S. The number of thiazole rings is 1. The van der Waals surface area contributed by atoms with Gasteiger partial charge in [-0.05, 0) is 42.3 Å². The van der Waals surface area contributed by atoms with Gasteiger partial charge in [-0.2, -0.15) is 0 Å². The largest absolute Gasteiger partial charge is 0.507 e. The molecule has 2 aliphatic rings. The van der Waals surface area contributed by atoms with Crippen LogP contribution in [-0.4, -0.2) is 41.6 Å². The Labute approximate surface area is 206 Å². The van der Waals surface area contributed by atoms with E-state index in [1.807, 2.05) is 12.1 Å². The predicted octanol–water partition coefficient (Wildman–Crippen LogP) is 4.72. The van der Waals surface area contributed by atoms with Crippen LogP contribution in [0.25, 0.3) is 5.76 Å². The molecule has 3 aromatic rings. The Hall–Kier alpha value is -3.85. The molecule has 0 radical (unpaired) electrons. The average Bonchev–Trinajstić information content (AvgIpc) is 3.50. The minimum atomic E-state index is -0.871. The fourth-order valence-electron chi connectivity index (χ4n) is 4.14. The second-order valence-electron chi connectivity index (χ2n) is 8.12. The summed E-state index contributed by atoms with van der Waals surface area (Å²) in [6, 6.07) is 11.3. The molecule has 2 aliphatic heterocycles. The molecule has 180 valence electrons. The second kappa shape index (κ2) is 9.79. The molecule has 8 nitrogen and oxygen atoms in total. The number of rotatable bonds is 7. The third kappa shape index (κ3) is 4.35. The highest BCUT2D eigenvalue weighted by atomic mass is 32.1. The first-order chi connectivity index (χ1) is 17.1. The van der Waals surface area contributed by atoms with Crippen LogP contribution in [0.2, 0.25) is 0 Å². The van der Waals surface area contributed by atoms with E-state index in [0.717, 1.165) is 12.8 Å². The van der Waals surface area contributed by atoms with E-state index in [0.29, 0.717) is 53.3 Å². The van der Waals surface area contributed by atoms with Gasteiger partial charge >= 0.3 is 5.91 Å². The molecule has 1 atom stereocenters. The Bertz CT molecular complexity index is 1290. The molecule has 1 unspecified atom stereocenters. The van der Waals surface area contributed by atoms with Gasteiger partial charge in [0.25, 0.3) is 5.78 Å². The molecule has 1 fully saturated rings. The van der Waals surface area contributed by atoms with Crippen LogP contribution in [0.3, 0.4) is 0 Å². The van der Waals surface area contributed by atoms with Crippen LogP contribution in [-0.2, 0) is 9.59 Å². The molecule has 9 heteroatoms. The monoisotopic (exact) mass is 492 g/mol. The Morgan fingerprint density at radius 1 is 1.17 bits per heavy atom. The summed E-state index contributed by atoms with van der Waals surface area (Å²) in [5.74, 6) is -0.167. The van der Waals surface area contributed by atoms with E-state index in [1.54, 1.807) is 41.9 Å². The van der Waals surface area contributed by atoms with Crippen molar-refractivity contribution in [2.75, 3.05) is 24.7 Å².